The lowest BCUT2D eigenvalue weighted by Crippen LogP contribution is -2.51. The Hall–Kier alpha value is -3.06. The zero-order valence-corrected chi connectivity index (χ0v) is 20.5. The molecular weight excluding hydrogens is 442 g/mol. The Morgan fingerprint density at radius 3 is 2.26 bits per heavy atom. The molecule has 0 spiro atoms. The topological polar surface area (TPSA) is 52.6 Å². The maximum atomic E-state index is 13.1. The predicted octanol–water partition coefficient (Wildman–Crippen LogP) is 4.50. The molecule has 2 aliphatic heterocycles. The van der Waals surface area contributed by atoms with Gasteiger partial charge in [0.2, 0.25) is 5.91 Å². The molecule has 0 saturated carbocycles. The Morgan fingerprint density at radius 2 is 1.59 bits per heavy atom. The first kappa shape index (κ1) is 22.7. The molecule has 0 bridgehead atoms. The van der Waals surface area contributed by atoms with Gasteiger partial charge < -0.3 is 14.7 Å². The number of benzene rings is 2. The third kappa shape index (κ3) is 5.36. The molecule has 176 valence electrons. The van der Waals surface area contributed by atoms with Crippen molar-refractivity contribution in [2.45, 2.75) is 29.7 Å². The van der Waals surface area contributed by atoms with Crippen molar-refractivity contribution < 1.29 is 4.79 Å². The number of hydrogen-bond donors (Lipinski definition) is 0. The van der Waals surface area contributed by atoms with Crippen molar-refractivity contribution in [2.24, 2.45) is 5.92 Å². The lowest BCUT2D eigenvalue weighted by molar-refractivity contribution is -0.136. The summed E-state index contributed by atoms with van der Waals surface area (Å²) >= 11 is 1.63. The smallest absolute Gasteiger partial charge is 0.225 e. The fraction of sp³-hybridized carbons (Fsp3) is 0.370. The summed E-state index contributed by atoms with van der Waals surface area (Å²) < 4.78 is 0. The van der Waals surface area contributed by atoms with Gasteiger partial charge in [0.05, 0.1) is 0 Å². The van der Waals surface area contributed by atoms with E-state index in [4.69, 9.17) is 0 Å². The van der Waals surface area contributed by atoms with Crippen molar-refractivity contribution in [1.29, 1.82) is 0 Å². The number of hydrogen-bond acceptors (Lipinski definition) is 6. The number of aryl methyl sites for hydroxylation is 1. The Morgan fingerprint density at radius 1 is 0.824 bits per heavy atom. The molecule has 1 aromatic heterocycles. The highest BCUT2D eigenvalue weighted by molar-refractivity contribution is 7.99. The number of piperidine rings is 1. The van der Waals surface area contributed by atoms with Gasteiger partial charge in [0, 0.05) is 55.8 Å². The highest BCUT2D eigenvalue weighted by atomic mass is 32.2. The number of anilines is 2. The summed E-state index contributed by atoms with van der Waals surface area (Å²) in [5.41, 5.74) is 2.48. The third-order valence-corrected chi connectivity index (χ3v) is 7.64. The number of amides is 1. The molecule has 0 atom stereocenters. The van der Waals surface area contributed by atoms with E-state index in [0.29, 0.717) is 5.91 Å². The Bertz CT molecular complexity index is 1090. The van der Waals surface area contributed by atoms with Crippen molar-refractivity contribution in [3.8, 4) is 0 Å². The van der Waals surface area contributed by atoms with Crippen molar-refractivity contribution in [2.75, 3.05) is 49.1 Å². The molecule has 5 rings (SSSR count). The molecule has 0 radical (unpaired) electrons. The average Bonchev–Trinajstić information content (AvgIpc) is 2.89. The minimum Gasteiger partial charge on any atom is -0.368 e. The van der Waals surface area contributed by atoms with Crippen LogP contribution in [0.1, 0.15) is 18.4 Å². The molecule has 2 fully saturated rings. The zero-order valence-electron chi connectivity index (χ0n) is 19.6. The van der Waals surface area contributed by atoms with Crippen LogP contribution in [0.3, 0.4) is 0 Å². The van der Waals surface area contributed by atoms with Crippen LogP contribution in [0.25, 0.3) is 0 Å². The van der Waals surface area contributed by atoms with E-state index in [1.165, 1.54) is 16.1 Å². The third-order valence-electron chi connectivity index (χ3n) is 6.72. The van der Waals surface area contributed by atoms with Gasteiger partial charge in [-0.15, -0.1) is 10.2 Å². The van der Waals surface area contributed by atoms with Crippen LogP contribution in [0.4, 0.5) is 11.5 Å². The maximum absolute atomic E-state index is 13.1. The number of rotatable bonds is 5. The summed E-state index contributed by atoms with van der Waals surface area (Å²) in [5.74, 6) is 1.34. The number of para-hydroxylation sites is 1. The fourth-order valence-electron chi connectivity index (χ4n) is 4.77. The predicted molar refractivity (Wildman–Crippen MR) is 138 cm³/mol. The van der Waals surface area contributed by atoms with E-state index >= 15 is 0 Å². The van der Waals surface area contributed by atoms with Crippen LogP contribution in [-0.2, 0) is 4.79 Å². The van der Waals surface area contributed by atoms with Gasteiger partial charge in [-0.05, 0) is 56.2 Å². The van der Waals surface area contributed by atoms with Crippen LogP contribution in [0, 0.1) is 12.8 Å². The quantitative estimate of drug-likeness (QED) is 0.544. The van der Waals surface area contributed by atoms with E-state index in [-0.39, 0.29) is 5.92 Å². The Labute approximate surface area is 206 Å². The summed E-state index contributed by atoms with van der Waals surface area (Å²) in [6.45, 7) is 7.20. The van der Waals surface area contributed by atoms with Crippen molar-refractivity contribution in [3.05, 3.63) is 72.3 Å². The van der Waals surface area contributed by atoms with Crippen LogP contribution in [0.5, 0.6) is 0 Å². The second kappa shape index (κ2) is 10.5. The molecule has 0 N–H and O–H groups in total. The number of piperazine rings is 1. The van der Waals surface area contributed by atoms with Crippen LogP contribution < -0.4 is 9.80 Å². The first-order chi connectivity index (χ1) is 16.7. The van der Waals surface area contributed by atoms with Crippen molar-refractivity contribution >= 4 is 29.2 Å². The highest BCUT2D eigenvalue weighted by Gasteiger charge is 2.31. The zero-order chi connectivity index (χ0) is 23.3. The van der Waals surface area contributed by atoms with Gasteiger partial charge in [0.25, 0.3) is 0 Å². The van der Waals surface area contributed by atoms with Gasteiger partial charge in [-0.25, -0.2) is 0 Å². The van der Waals surface area contributed by atoms with Gasteiger partial charge in [-0.3, -0.25) is 4.79 Å². The van der Waals surface area contributed by atoms with Gasteiger partial charge in [0.1, 0.15) is 5.03 Å². The van der Waals surface area contributed by atoms with Gasteiger partial charge in [-0.2, -0.15) is 0 Å². The van der Waals surface area contributed by atoms with E-state index in [2.05, 4.69) is 86.4 Å². The standard InChI is InChI=1S/C27H31N5OS/c1-21-6-5-9-24(20-21)34-26-11-10-25(28-29-26)31-14-12-22(13-15-31)27(33)32-18-16-30(17-19-32)23-7-3-2-4-8-23/h2-11,20,22H,12-19H2,1H3. The molecule has 6 nitrogen and oxygen atoms in total. The first-order valence-corrected chi connectivity index (χ1v) is 12.9. The number of carbonyl (C=O) groups is 1. The number of nitrogens with zero attached hydrogens (tertiary/aromatic N) is 5. The summed E-state index contributed by atoms with van der Waals surface area (Å²) in [7, 11) is 0. The molecule has 3 aromatic rings. The number of aromatic nitrogens is 2. The molecule has 0 unspecified atom stereocenters. The van der Waals surface area contributed by atoms with Crippen molar-refractivity contribution in [3.63, 3.8) is 0 Å². The molecule has 34 heavy (non-hydrogen) atoms. The van der Waals surface area contributed by atoms with Crippen LogP contribution in [0.15, 0.2) is 76.7 Å². The molecule has 2 saturated heterocycles. The van der Waals surface area contributed by atoms with E-state index in [1.54, 1.807) is 11.8 Å². The maximum Gasteiger partial charge on any atom is 0.225 e. The van der Waals surface area contributed by atoms with E-state index < -0.39 is 0 Å². The summed E-state index contributed by atoms with van der Waals surface area (Å²) in [4.78, 5) is 21.0. The van der Waals surface area contributed by atoms with E-state index in [0.717, 1.165) is 63.0 Å². The van der Waals surface area contributed by atoms with E-state index in [9.17, 15) is 4.79 Å². The lowest BCUT2D eigenvalue weighted by atomic mass is 9.95. The van der Waals surface area contributed by atoms with Gasteiger partial charge in [0.15, 0.2) is 5.82 Å². The summed E-state index contributed by atoms with van der Waals surface area (Å²) in [5, 5.41) is 9.80. The highest BCUT2D eigenvalue weighted by Crippen LogP contribution is 2.28. The Kier molecular flexibility index (Phi) is 7.00. The van der Waals surface area contributed by atoms with E-state index in [1.807, 2.05) is 12.1 Å². The molecule has 1 amide bonds. The second-order valence-corrected chi connectivity index (χ2v) is 10.2. The van der Waals surface area contributed by atoms with Crippen LogP contribution in [-0.4, -0.2) is 60.3 Å². The van der Waals surface area contributed by atoms with Gasteiger partial charge >= 0.3 is 0 Å². The molecule has 2 aliphatic rings. The Balaban J connectivity index is 1.10. The first-order valence-electron chi connectivity index (χ1n) is 12.1. The van der Waals surface area contributed by atoms with Gasteiger partial charge in [-0.1, -0.05) is 47.7 Å². The molecule has 7 heteroatoms. The molecular formula is C27H31N5OS. The largest absolute Gasteiger partial charge is 0.368 e. The molecule has 2 aromatic carbocycles. The monoisotopic (exact) mass is 473 g/mol. The lowest BCUT2D eigenvalue weighted by Gasteiger charge is -2.39. The average molecular weight is 474 g/mol. The van der Waals surface area contributed by atoms with Crippen molar-refractivity contribution in [1.82, 2.24) is 15.1 Å². The van der Waals surface area contributed by atoms with Crippen LogP contribution >= 0.6 is 11.8 Å². The minimum absolute atomic E-state index is 0.114. The second-order valence-electron chi connectivity index (χ2n) is 9.06. The minimum atomic E-state index is 0.114. The summed E-state index contributed by atoms with van der Waals surface area (Å²) in [6, 6.07) is 23.0. The molecule has 3 heterocycles. The normalized spacial score (nSPS) is 17.1. The fourth-order valence-corrected chi connectivity index (χ4v) is 5.62. The number of carbonyl (C=O) groups excluding carboxylic acids is 1. The SMILES string of the molecule is Cc1cccc(Sc2ccc(N3CCC(C(=O)N4CCN(c5ccccc5)CC4)CC3)nn2)c1. The van der Waals surface area contributed by atoms with Crippen LogP contribution in [0.2, 0.25) is 0 Å². The summed E-state index contributed by atoms with van der Waals surface area (Å²) in [6.07, 6.45) is 1.75. The molecule has 0 aliphatic carbocycles.